The third-order valence-corrected chi connectivity index (χ3v) is 2.13. The van der Waals surface area contributed by atoms with Gasteiger partial charge in [-0.25, -0.2) is 0 Å². The molecule has 0 aromatic heterocycles. The van der Waals surface area contributed by atoms with E-state index in [9.17, 15) is 0 Å². The molecule has 2 fully saturated rings. The Balaban J connectivity index is 1.93. The SMILES string of the molecule is C1COC2CCOCC2N1. The van der Waals surface area contributed by atoms with Crippen LogP contribution in [0.1, 0.15) is 6.42 Å². The van der Waals surface area contributed by atoms with Crippen LogP contribution in [-0.4, -0.2) is 38.5 Å². The van der Waals surface area contributed by atoms with E-state index in [-0.39, 0.29) is 0 Å². The smallest absolute Gasteiger partial charge is 0.0773 e. The van der Waals surface area contributed by atoms with Crippen molar-refractivity contribution in [2.24, 2.45) is 0 Å². The first-order valence-electron chi connectivity index (χ1n) is 3.89. The molecule has 0 bridgehead atoms. The van der Waals surface area contributed by atoms with E-state index in [0.717, 1.165) is 32.8 Å². The Kier molecular flexibility index (Phi) is 1.88. The van der Waals surface area contributed by atoms with E-state index >= 15 is 0 Å². The number of nitrogens with one attached hydrogen (secondary N) is 1. The largest absolute Gasteiger partial charge is 0.380 e. The van der Waals surface area contributed by atoms with E-state index < -0.39 is 0 Å². The van der Waals surface area contributed by atoms with Gasteiger partial charge in [-0.15, -0.1) is 0 Å². The predicted octanol–water partition coefficient (Wildman–Crippen LogP) is -0.236. The van der Waals surface area contributed by atoms with Crippen LogP contribution >= 0.6 is 0 Å². The van der Waals surface area contributed by atoms with Crippen molar-refractivity contribution in [2.75, 3.05) is 26.4 Å². The zero-order chi connectivity index (χ0) is 6.81. The Labute approximate surface area is 60.7 Å². The highest BCUT2D eigenvalue weighted by atomic mass is 16.5. The van der Waals surface area contributed by atoms with Crippen molar-refractivity contribution in [2.45, 2.75) is 18.6 Å². The fraction of sp³-hybridized carbons (Fsp3) is 1.00. The monoisotopic (exact) mass is 143 g/mol. The Bertz CT molecular complexity index is 92.2. The van der Waals surface area contributed by atoms with Crippen molar-refractivity contribution in [1.29, 1.82) is 0 Å². The Morgan fingerprint density at radius 1 is 1.30 bits per heavy atom. The highest BCUT2D eigenvalue weighted by molar-refractivity contribution is 4.83. The van der Waals surface area contributed by atoms with Crippen molar-refractivity contribution < 1.29 is 9.47 Å². The molecule has 2 atom stereocenters. The van der Waals surface area contributed by atoms with Gasteiger partial charge in [-0.1, -0.05) is 0 Å². The van der Waals surface area contributed by atoms with Gasteiger partial charge in [-0.3, -0.25) is 0 Å². The molecule has 0 saturated carbocycles. The molecule has 0 radical (unpaired) electrons. The summed E-state index contributed by atoms with van der Waals surface area (Å²) < 4.78 is 10.8. The lowest BCUT2D eigenvalue weighted by Crippen LogP contribution is -2.53. The molecule has 0 aromatic carbocycles. The van der Waals surface area contributed by atoms with Gasteiger partial charge >= 0.3 is 0 Å². The average Bonchev–Trinajstić information content (AvgIpc) is 2.05. The van der Waals surface area contributed by atoms with Gasteiger partial charge in [0.15, 0.2) is 0 Å². The van der Waals surface area contributed by atoms with Crippen LogP contribution in [0.15, 0.2) is 0 Å². The zero-order valence-corrected chi connectivity index (χ0v) is 6.01. The second-order valence-electron chi connectivity index (χ2n) is 2.83. The van der Waals surface area contributed by atoms with E-state index in [1.54, 1.807) is 0 Å². The molecule has 1 N–H and O–H groups in total. The van der Waals surface area contributed by atoms with Crippen molar-refractivity contribution in [3.63, 3.8) is 0 Å². The molecular weight excluding hydrogens is 130 g/mol. The van der Waals surface area contributed by atoms with Crippen LogP contribution in [0.2, 0.25) is 0 Å². The molecule has 2 aliphatic rings. The van der Waals surface area contributed by atoms with Gasteiger partial charge in [0.1, 0.15) is 0 Å². The summed E-state index contributed by atoms with van der Waals surface area (Å²) in [4.78, 5) is 0. The van der Waals surface area contributed by atoms with E-state index in [1.807, 2.05) is 0 Å². The summed E-state index contributed by atoms with van der Waals surface area (Å²) in [7, 11) is 0. The zero-order valence-electron chi connectivity index (χ0n) is 6.01. The number of rotatable bonds is 0. The molecular formula is C7H13NO2. The van der Waals surface area contributed by atoms with Gasteiger partial charge in [0.2, 0.25) is 0 Å². The molecule has 2 aliphatic heterocycles. The van der Waals surface area contributed by atoms with Crippen LogP contribution in [0.5, 0.6) is 0 Å². The fourth-order valence-electron chi connectivity index (χ4n) is 1.56. The number of fused-ring (bicyclic) bond motifs is 1. The van der Waals surface area contributed by atoms with E-state index in [4.69, 9.17) is 9.47 Å². The van der Waals surface area contributed by atoms with Crippen LogP contribution in [-0.2, 0) is 9.47 Å². The third-order valence-electron chi connectivity index (χ3n) is 2.13. The molecule has 0 amide bonds. The number of hydrogen-bond donors (Lipinski definition) is 1. The number of morpholine rings is 1. The molecule has 0 aromatic rings. The molecule has 3 nitrogen and oxygen atoms in total. The summed E-state index contributed by atoms with van der Waals surface area (Å²) in [5, 5.41) is 3.37. The minimum atomic E-state index is 0.419. The standard InChI is InChI=1S/C7H13NO2/c1-3-9-5-6-7(1)10-4-2-8-6/h6-8H,1-5H2. The second kappa shape index (κ2) is 2.86. The molecule has 0 aliphatic carbocycles. The summed E-state index contributed by atoms with van der Waals surface area (Å²) >= 11 is 0. The van der Waals surface area contributed by atoms with Crippen molar-refractivity contribution in [3.05, 3.63) is 0 Å². The van der Waals surface area contributed by atoms with Gasteiger partial charge in [-0.2, -0.15) is 0 Å². The molecule has 58 valence electrons. The van der Waals surface area contributed by atoms with E-state index in [1.165, 1.54) is 0 Å². The minimum absolute atomic E-state index is 0.419. The Morgan fingerprint density at radius 2 is 2.30 bits per heavy atom. The van der Waals surface area contributed by atoms with Crippen molar-refractivity contribution in [1.82, 2.24) is 5.32 Å². The summed E-state index contributed by atoms with van der Waals surface area (Å²) in [5.41, 5.74) is 0. The maximum absolute atomic E-state index is 5.54. The summed E-state index contributed by atoms with van der Waals surface area (Å²) in [6, 6.07) is 0.461. The van der Waals surface area contributed by atoms with Crippen molar-refractivity contribution >= 4 is 0 Å². The predicted molar refractivity (Wildman–Crippen MR) is 37.0 cm³/mol. The number of hydrogen-bond acceptors (Lipinski definition) is 3. The molecule has 10 heavy (non-hydrogen) atoms. The lowest BCUT2D eigenvalue weighted by molar-refractivity contribution is -0.0780. The topological polar surface area (TPSA) is 30.5 Å². The van der Waals surface area contributed by atoms with Crippen LogP contribution in [0.3, 0.4) is 0 Å². The molecule has 0 spiro atoms. The fourth-order valence-corrected chi connectivity index (χ4v) is 1.56. The molecule has 2 unspecified atom stereocenters. The first kappa shape index (κ1) is 6.58. The first-order chi connectivity index (χ1) is 4.97. The van der Waals surface area contributed by atoms with Gasteiger partial charge < -0.3 is 14.8 Å². The van der Waals surface area contributed by atoms with Gasteiger partial charge in [-0.05, 0) is 6.42 Å². The maximum atomic E-state index is 5.54. The second-order valence-corrected chi connectivity index (χ2v) is 2.83. The highest BCUT2D eigenvalue weighted by Gasteiger charge is 2.28. The normalized spacial score (nSPS) is 40.8. The third kappa shape index (κ3) is 1.17. The summed E-state index contributed by atoms with van der Waals surface area (Å²) in [6.45, 7) is 3.53. The summed E-state index contributed by atoms with van der Waals surface area (Å²) in [6.07, 6.45) is 1.47. The van der Waals surface area contributed by atoms with Crippen LogP contribution in [0.25, 0.3) is 0 Å². The first-order valence-corrected chi connectivity index (χ1v) is 3.89. The van der Waals surface area contributed by atoms with E-state index in [0.29, 0.717) is 12.1 Å². The minimum Gasteiger partial charge on any atom is -0.380 e. The van der Waals surface area contributed by atoms with Gasteiger partial charge in [0.05, 0.1) is 25.4 Å². The lowest BCUT2D eigenvalue weighted by atomic mass is 10.1. The molecule has 2 heterocycles. The lowest BCUT2D eigenvalue weighted by Gasteiger charge is -2.35. The van der Waals surface area contributed by atoms with Crippen LogP contribution in [0.4, 0.5) is 0 Å². The quantitative estimate of drug-likeness (QED) is 0.508. The van der Waals surface area contributed by atoms with Crippen LogP contribution in [0, 0.1) is 0 Å². The summed E-state index contributed by atoms with van der Waals surface area (Å²) in [5.74, 6) is 0. The Morgan fingerprint density at radius 3 is 3.20 bits per heavy atom. The van der Waals surface area contributed by atoms with Crippen molar-refractivity contribution in [3.8, 4) is 0 Å². The van der Waals surface area contributed by atoms with E-state index in [2.05, 4.69) is 5.32 Å². The Hall–Kier alpha value is -0.120. The van der Waals surface area contributed by atoms with Gasteiger partial charge in [0.25, 0.3) is 0 Å². The molecule has 2 saturated heterocycles. The van der Waals surface area contributed by atoms with Gasteiger partial charge in [0, 0.05) is 13.2 Å². The highest BCUT2D eigenvalue weighted by Crippen LogP contribution is 2.13. The average molecular weight is 143 g/mol. The maximum Gasteiger partial charge on any atom is 0.0773 e. The molecule has 2 rings (SSSR count). The number of ether oxygens (including phenoxy) is 2. The van der Waals surface area contributed by atoms with Crippen LogP contribution < -0.4 is 5.32 Å². The molecule has 3 heteroatoms.